The van der Waals surface area contributed by atoms with Gasteiger partial charge < -0.3 is 5.73 Å². The molecule has 0 radical (unpaired) electrons. The second kappa shape index (κ2) is 5.69. The minimum Gasteiger partial charge on any atom is -0.327 e. The van der Waals surface area contributed by atoms with Crippen molar-refractivity contribution in [3.05, 3.63) is 16.4 Å². The summed E-state index contributed by atoms with van der Waals surface area (Å²) in [5.41, 5.74) is 8.12. The van der Waals surface area contributed by atoms with Crippen molar-refractivity contribution >= 4 is 11.6 Å². The van der Waals surface area contributed by atoms with E-state index in [0.29, 0.717) is 5.92 Å². The summed E-state index contributed by atoms with van der Waals surface area (Å²) in [5, 5.41) is 5.06. The van der Waals surface area contributed by atoms with Crippen molar-refractivity contribution in [1.29, 1.82) is 0 Å². The number of aryl methyl sites for hydroxylation is 2. The van der Waals surface area contributed by atoms with Crippen LogP contribution in [-0.4, -0.2) is 15.8 Å². The van der Waals surface area contributed by atoms with Crippen molar-refractivity contribution in [2.24, 2.45) is 18.7 Å². The van der Waals surface area contributed by atoms with E-state index in [-0.39, 0.29) is 6.04 Å². The smallest absolute Gasteiger partial charge is 0.0847 e. The van der Waals surface area contributed by atoms with Gasteiger partial charge in [0.15, 0.2) is 0 Å². The third-order valence-corrected chi connectivity index (χ3v) is 3.66. The number of hydrogen-bond acceptors (Lipinski definition) is 2. The number of halogens is 1. The van der Waals surface area contributed by atoms with Crippen molar-refractivity contribution in [1.82, 2.24) is 9.78 Å². The summed E-state index contributed by atoms with van der Waals surface area (Å²) in [6.45, 7) is 6.31. The first-order chi connectivity index (χ1) is 7.47. The van der Waals surface area contributed by atoms with Gasteiger partial charge >= 0.3 is 0 Å². The van der Waals surface area contributed by atoms with Gasteiger partial charge in [0.1, 0.15) is 0 Å². The largest absolute Gasteiger partial charge is 0.327 e. The Morgan fingerprint density at radius 1 is 1.50 bits per heavy atom. The Hall–Kier alpha value is -0.540. The van der Waals surface area contributed by atoms with Crippen LogP contribution in [0.4, 0.5) is 0 Å². The van der Waals surface area contributed by atoms with E-state index in [1.165, 1.54) is 6.42 Å². The zero-order valence-electron chi connectivity index (χ0n) is 10.6. The van der Waals surface area contributed by atoms with Crippen LogP contribution in [0.5, 0.6) is 0 Å². The molecule has 0 aliphatic carbocycles. The van der Waals surface area contributed by atoms with Crippen molar-refractivity contribution < 1.29 is 0 Å². The van der Waals surface area contributed by atoms with Gasteiger partial charge in [0, 0.05) is 19.5 Å². The van der Waals surface area contributed by atoms with Gasteiger partial charge in [-0.25, -0.2) is 0 Å². The van der Waals surface area contributed by atoms with E-state index in [0.717, 1.165) is 29.3 Å². The molecule has 0 aromatic carbocycles. The van der Waals surface area contributed by atoms with E-state index in [1.54, 1.807) is 0 Å². The van der Waals surface area contributed by atoms with E-state index in [4.69, 9.17) is 17.3 Å². The molecule has 1 heterocycles. The molecule has 1 aromatic rings. The summed E-state index contributed by atoms with van der Waals surface area (Å²) in [6.07, 6.45) is 3.14. The molecule has 92 valence electrons. The Bertz CT molecular complexity index is 346. The SMILES string of the molecule is CCCC(C)C(N)Cc1c(Cl)c(C)nn1C. The lowest BCUT2D eigenvalue weighted by Crippen LogP contribution is -2.31. The van der Waals surface area contributed by atoms with Crippen molar-refractivity contribution in [2.45, 2.75) is 46.1 Å². The first-order valence-corrected chi connectivity index (χ1v) is 6.28. The van der Waals surface area contributed by atoms with Crippen LogP contribution in [0.25, 0.3) is 0 Å². The molecule has 2 atom stereocenters. The molecule has 0 aliphatic rings. The third-order valence-electron chi connectivity index (χ3n) is 3.17. The van der Waals surface area contributed by atoms with Crippen LogP contribution in [0.3, 0.4) is 0 Å². The summed E-state index contributed by atoms with van der Waals surface area (Å²) < 4.78 is 1.84. The summed E-state index contributed by atoms with van der Waals surface area (Å²) in [6, 6.07) is 0.159. The summed E-state index contributed by atoms with van der Waals surface area (Å²) in [4.78, 5) is 0. The minimum absolute atomic E-state index is 0.159. The molecule has 0 fully saturated rings. The normalized spacial score (nSPS) is 15.1. The molecular weight excluding hydrogens is 222 g/mol. The molecule has 0 spiro atoms. The Balaban J connectivity index is 2.72. The maximum Gasteiger partial charge on any atom is 0.0847 e. The van der Waals surface area contributed by atoms with Crippen LogP contribution in [-0.2, 0) is 13.5 Å². The summed E-state index contributed by atoms with van der Waals surface area (Å²) in [7, 11) is 1.92. The highest BCUT2D eigenvalue weighted by Gasteiger charge is 2.18. The summed E-state index contributed by atoms with van der Waals surface area (Å²) in [5.74, 6) is 0.524. The number of nitrogens with two attached hydrogens (primary N) is 1. The third kappa shape index (κ3) is 2.98. The fraction of sp³-hybridized carbons (Fsp3) is 0.750. The van der Waals surface area contributed by atoms with Crippen LogP contribution < -0.4 is 5.73 Å². The second-order valence-electron chi connectivity index (χ2n) is 4.60. The van der Waals surface area contributed by atoms with E-state index in [9.17, 15) is 0 Å². The number of hydrogen-bond donors (Lipinski definition) is 1. The Kier molecular flexibility index (Phi) is 4.81. The highest BCUT2D eigenvalue weighted by atomic mass is 35.5. The molecule has 2 N–H and O–H groups in total. The van der Waals surface area contributed by atoms with Gasteiger partial charge in [-0.2, -0.15) is 5.10 Å². The van der Waals surface area contributed by atoms with Gasteiger partial charge in [-0.05, 0) is 19.3 Å². The van der Waals surface area contributed by atoms with Gasteiger partial charge in [0.2, 0.25) is 0 Å². The molecule has 3 nitrogen and oxygen atoms in total. The van der Waals surface area contributed by atoms with Crippen molar-refractivity contribution in [2.75, 3.05) is 0 Å². The highest BCUT2D eigenvalue weighted by Crippen LogP contribution is 2.22. The fourth-order valence-corrected chi connectivity index (χ4v) is 2.23. The lowest BCUT2D eigenvalue weighted by atomic mass is 9.94. The van der Waals surface area contributed by atoms with Crippen LogP contribution in [0.15, 0.2) is 0 Å². The zero-order chi connectivity index (χ0) is 12.3. The minimum atomic E-state index is 0.159. The maximum atomic E-state index is 6.20. The lowest BCUT2D eigenvalue weighted by Gasteiger charge is -2.19. The molecule has 0 bridgehead atoms. The van der Waals surface area contributed by atoms with Crippen LogP contribution in [0.1, 0.15) is 38.1 Å². The topological polar surface area (TPSA) is 43.8 Å². The highest BCUT2D eigenvalue weighted by molar-refractivity contribution is 6.31. The first-order valence-electron chi connectivity index (χ1n) is 5.90. The molecule has 1 aromatic heterocycles. The number of aromatic nitrogens is 2. The molecule has 0 saturated carbocycles. The van der Waals surface area contributed by atoms with E-state index < -0.39 is 0 Å². The van der Waals surface area contributed by atoms with Crippen LogP contribution in [0, 0.1) is 12.8 Å². The molecule has 4 heteroatoms. The predicted octanol–water partition coefficient (Wildman–Crippen LogP) is 2.69. The number of nitrogens with zero attached hydrogens (tertiary/aromatic N) is 2. The quantitative estimate of drug-likeness (QED) is 0.864. The summed E-state index contributed by atoms with van der Waals surface area (Å²) >= 11 is 6.20. The van der Waals surface area contributed by atoms with Gasteiger partial charge in [0.25, 0.3) is 0 Å². The number of rotatable bonds is 5. The molecule has 0 saturated heterocycles. The molecule has 0 aliphatic heterocycles. The maximum absolute atomic E-state index is 6.20. The Morgan fingerprint density at radius 3 is 2.56 bits per heavy atom. The van der Waals surface area contributed by atoms with Crippen LogP contribution in [0.2, 0.25) is 5.02 Å². The average Bonchev–Trinajstić information content (AvgIpc) is 2.45. The first kappa shape index (κ1) is 13.5. The van der Waals surface area contributed by atoms with Gasteiger partial charge in [-0.1, -0.05) is 31.9 Å². The van der Waals surface area contributed by atoms with Gasteiger partial charge in [-0.15, -0.1) is 0 Å². The average molecular weight is 244 g/mol. The Morgan fingerprint density at radius 2 is 2.12 bits per heavy atom. The molecular formula is C12H22ClN3. The standard InChI is InChI=1S/C12H22ClN3/c1-5-6-8(2)10(14)7-11-12(13)9(3)15-16(11)4/h8,10H,5-7,14H2,1-4H3. The lowest BCUT2D eigenvalue weighted by molar-refractivity contribution is 0.413. The predicted molar refractivity (Wildman–Crippen MR) is 68.7 cm³/mol. The monoisotopic (exact) mass is 243 g/mol. The van der Waals surface area contributed by atoms with Crippen molar-refractivity contribution in [3.63, 3.8) is 0 Å². The van der Waals surface area contributed by atoms with E-state index in [1.807, 2.05) is 18.7 Å². The fourth-order valence-electron chi connectivity index (χ4n) is 2.00. The van der Waals surface area contributed by atoms with E-state index >= 15 is 0 Å². The van der Waals surface area contributed by atoms with E-state index in [2.05, 4.69) is 18.9 Å². The van der Waals surface area contributed by atoms with Gasteiger partial charge in [-0.3, -0.25) is 4.68 Å². The Labute approximate surface area is 103 Å². The van der Waals surface area contributed by atoms with Crippen molar-refractivity contribution in [3.8, 4) is 0 Å². The zero-order valence-corrected chi connectivity index (χ0v) is 11.4. The van der Waals surface area contributed by atoms with Gasteiger partial charge in [0.05, 0.1) is 16.4 Å². The molecule has 0 amide bonds. The second-order valence-corrected chi connectivity index (χ2v) is 4.98. The van der Waals surface area contributed by atoms with Crippen LogP contribution >= 0.6 is 11.6 Å². The molecule has 1 rings (SSSR count). The molecule has 16 heavy (non-hydrogen) atoms. The molecule has 2 unspecified atom stereocenters.